The number of nitrogens with one attached hydrogen (secondary N) is 1. The smallest absolute Gasteiger partial charge is 0.131 e. The first-order chi connectivity index (χ1) is 10.3. The van der Waals surface area contributed by atoms with E-state index in [1.807, 2.05) is 36.4 Å². The summed E-state index contributed by atoms with van der Waals surface area (Å²) in [6.45, 7) is 6.01. The zero-order chi connectivity index (χ0) is 14.7. The van der Waals surface area contributed by atoms with Crippen LogP contribution in [0.2, 0.25) is 0 Å². The molecular weight excluding hydrogens is 262 g/mol. The van der Waals surface area contributed by atoms with E-state index in [1.165, 1.54) is 0 Å². The molecular formula is C17H21N3O. The maximum Gasteiger partial charge on any atom is 0.131 e. The molecule has 3 rings (SSSR count). The number of benzene rings is 1. The number of anilines is 1. The predicted octanol–water partition coefficient (Wildman–Crippen LogP) is 1.88. The van der Waals surface area contributed by atoms with Crippen LogP contribution in [0.3, 0.4) is 0 Å². The van der Waals surface area contributed by atoms with Gasteiger partial charge in [0.1, 0.15) is 11.9 Å². The molecule has 0 bridgehead atoms. The number of pyridine rings is 1. The summed E-state index contributed by atoms with van der Waals surface area (Å²) in [5.74, 6) is 1.03. The lowest BCUT2D eigenvalue weighted by atomic mass is 10.0. The summed E-state index contributed by atoms with van der Waals surface area (Å²) < 4.78 is 0. The highest BCUT2D eigenvalue weighted by Gasteiger charge is 2.16. The third kappa shape index (κ3) is 3.06. The monoisotopic (exact) mass is 283 g/mol. The molecule has 1 aliphatic heterocycles. The maximum absolute atomic E-state index is 10.5. The van der Waals surface area contributed by atoms with Crippen LogP contribution in [0.1, 0.15) is 22.8 Å². The average Bonchev–Trinajstić information content (AvgIpc) is 2.55. The molecule has 4 nitrogen and oxygen atoms in total. The highest BCUT2D eigenvalue weighted by Crippen LogP contribution is 2.25. The van der Waals surface area contributed by atoms with Crippen LogP contribution in [0.4, 0.5) is 5.82 Å². The van der Waals surface area contributed by atoms with Crippen molar-refractivity contribution < 1.29 is 5.11 Å². The Kier molecular flexibility index (Phi) is 4.18. The quantitative estimate of drug-likeness (QED) is 0.903. The molecule has 0 aliphatic carbocycles. The molecule has 1 aromatic carbocycles. The molecule has 2 heterocycles. The number of piperazine rings is 1. The normalized spacial score (nSPS) is 16.8. The van der Waals surface area contributed by atoms with Crippen LogP contribution in [0.15, 0.2) is 42.6 Å². The van der Waals surface area contributed by atoms with Crippen LogP contribution >= 0.6 is 0 Å². The second-order valence-corrected chi connectivity index (χ2v) is 5.46. The Bertz CT molecular complexity index is 594. The van der Waals surface area contributed by atoms with Gasteiger partial charge in [0.25, 0.3) is 0 Å². The van der Waals surface area contributed by atoms with Crippen molar-refractivity contribution in [3.63, 3.8) is 0 Å². The second-order valence-electron chi connectivity index (χ2n) is 5.46. The number of hydrogen-bond donors (Lipinski definition) is 2. The molecule has 1 saturated heterocycles. The van der Waals surface area contributed by atoms with Gasteiger partial charge in [-0.15, -0.1) is 0 Å². The van der Waals surface area contributed by atoms with Gasteiger partial charge in [-0.3, -0.25) is 0 Å². The molecule has 2 aromatic rings. The van der Waals surface area contributed by atoms with E-state index in [-0.39, 0.29) is 0 Å². The molecule has 1 fully saturated rings. The van der Waals surface area contributed by atoms with E-state index in [0.29, 0.717) is 0 Å². The number of nitrogens with zero attached hydrogens (tertiary/aromatic N) is 2. The van der Waals surface area contributed by atoms with E-state index in [4.69, 9.17) is 0 Å². The first-order valence-electron chi connectivity index (χ1n) is 7.41. The minimum absolute atomic E-state index is 0.616. The Morgan fingerprint density at radius 3 is 2.52 bits per heavy atom. The van der Waals surface area contributed by atoms with Crippen molar-refractivity contribution in [2.75, 3.05) is 31.1 Å². The van der Waals surface area contributed by atoms with Gasteiger partial charge in [0, 0.05) is 37.9 Å². The van der Waals surface area contributed by atoms with Crippen LogP contribution in [0.25, 0.3) is 0 Å². The number of hydrogen-bond acceptors (Lipinski definition) is 4. The van der Waals surface area contributed by atoms with Gasteiger partial charge < -0.3 is 15.3 Å². The van der Waals surface area contributed by atoms with E-state index < -0.39 is 6.10 Å². The van der Waals surface area contributed by atoms with Crippen molar-refractivity contribution in [1.82, 2.24) is 10.3 Å². The summed E-state index contributed by atoms with van der Waals surface area (Å²) in [4.78, 5) is 6.88. The van der Waals surface area contributed by atoms with Crippen molar-refractivity contribution >= 4 is 5.82 Å². The second kappa shape index (κ2) is 6.24. The Hall–Kier alpha value is -1.91. The van der Waals surface area contributed by atoms with Gasteiger partial charge >= 0.3 is 0 Å². The Morgan fingerprint density at radius 2 is 1.86 bits per heavy atom. The molecule has 1 unspecified atom stereocenters. The summed E-state index contributed by atoms with van der Waals surface area (Å²) in [6, 6.07) is 11.7. The molecule has 0 spiro atoms. The average molecular weight is 283 g/mol. The van der Waals surface area contributed by atoms with E-state index in [1.54, 1.807) is 6.20 Å². The van der Waals surface area contributed by atoms with Gasteiger partial charge in [-0.1, -0.05) is 30.3 Å². The van der Waals surface area contributed by atoms with E-state index in [0.717, 1.165) is 48.7 Å². The van der Waals surface area contributed by atoms with E-state index in [9.17, 15) is 5.11 Å². The summed E-state index contributed by atoms with van der Waals surface area (Å²) in [5.41, 5.74) is 2.86. The molecule has 0 radical (unpaired) electrons. The van der Waals surface area contributed by atoms with Crippen molar-refractivity contribution in [1.29, 1.82) is 0 Å². The molecule has 4 heteroatoms. The minimum atomic E-state index is -0.616. The third-order valence-corrected chi connectivity index (χ3v) is 3.92. The van der Waals surface area contributed by atoms with Crippen molar-refractivity contribution in [2.45, 2.75) is 13.0 Å². The van der Waals surface area contributed by atoms with Crippen molar-refractivity contribution in [3.8, 4) is 0 Å². The molecule has 0 saturated carbocycles. The fourth-order valence-corrected chi connectivity index (χ4v) is 2.77. The number of aromatic nitrogens is 1. The first-order valence-corrected chi connectivity index (χ1v) is 7.41. The van der Waals surface area contributed by atoms with Crippen molar-refractivity contribution in [3.05, 3.63) is 59.3 Å². The fraction of sp³-hybridized carbons (Fsp3) is 0.353. The summed E-state index contributed by atoms with van der Waals surface area (Å²) >= 11 is 0. The molecule has 1 atom stereocenters. The van der Waals surface area contributed by atoms with E-state index in [2.05, 4.69) is 22.1 Å². The Balaban J connectivity index is 1.83. The zero-order valence-corrected chi connectivity index (χ0v) is 12.3. The maximum atomic E-state index is 10.5. The standard InChI is InChI=1S/C17H21N3O/c1-13-11-15(16(21)14-5-3-2-4-6-14)12-19-17(13)20-9-7-18-8-10-20/h2-6,11-12,16,18,21H,7-10H2,1H3. The summed E-state index contributed by atoms with van der Waals surface area (Å²) in [6.07, 6.45) is 1.18. The van der Waals surface area contributed by atoms with Gasteiger partial charge in [-0.25, -0.2) is 4.98 Å². The summed E-state index contributed by atoms with van der Waals surface area (Å²) in [7, 11) is 0. The Labute approximate surface area is 125 Å². The van der Waals surface area contributed by atoms with Crippen LogP contribution in [-0.4, -0.2) is 36.3 Å². The van der Waals surface area contributed by atoms with Crippen LogP contribution in [-0.2, 0) is 0 Å². The highest BCUT2D eigenvalue weighted by atomic mass is 16.3. The molecule has 1 aromatic heterocycles. The lowest BCUT2D eigenvalue weighted by Gasteiger charge is -2.29. The Morgan fingerprint density at radius 1 is 1.14 bits per heavy atom. The topological polar surface area (TPSA) is 48.4 Å². The van der Waals surface area contributed by atoms with Gasteiger partial charge in [-0.05, 0) is 24.1 Å². The molecule has 110 valence electrons. The lowest BCUT2D eigenvalue weighted by Crippen LogP contribution is -2.44. The highest BCUT2D eigenvalue weighted by molar-refractivity contribution is 5.48. The van der Waals surface area contributed by atoms with Gasteiger partial charge in [-0.2, -0.15) is 0 Å². The van der Waals surface area contributed by atoms with Gasteiger partial charge in [0.05, 0.1) is 0 Å². The fourth-order valence-electron chi connectivity index (χ4n) is 2.77. The lowest BCUT2D eigenvalue weighted by molar-refractivity contribution is 0.220. The third-order valence-electron chi connectivity index (χ3n) is 3.92. The number of rotatable bonds is 3. The first kappa shape index (κ1) is 14.0. The van der Waals surface area contributed by atoms with Gasteiger partial charge in [0.2, 0.25) is 0 Å². The summed E-state index contributed by atoms with van der Waals surface area (Å²) in [5, 5.41) is 13.8. The molecule has 1 aliphatic rings. The molecule has 21 heavy (non-hydrogen) atoms. The molecule has 0 amide bonds. The van der Waals surface area contributed by atoms with Crippen molar-refractivity contribution in [2.24, 2.45) is 0 Å². The number of aliphatic hydroxyl groups is 1. The number of aliphatic hydroxyl groups excluding tert-OH is 1. The minimum Gasteiger partial charge on any atom is -0.384 e. The molecule has 2 N–H and O–H groups in total. The SMILES string of the molecule is Cc1cc(C(O)c2ccccc2)cnc1N1CCNCC1. The van der Waals surface area contributed by atoms with Crippen LogP contribution in [0, 0.1) is 6.92 Å². The number of aryl methyl sites for hydroxylation is 1. The predicted molar refractivity (Wildman–Crippen MR) is 84.6 cm³/mol. The van der Waals surface area contributed by atoms with Gasteiger partial charge in [0.15, 0.2) is 0 Å². The van der Waals surface area contributed by atoms with Crippen LogP contribution < -0.4 is 10.2 Å². The zero-order valence-electron chi connectivity index (χ0n) is 12.3. The van der Waals surface area contributed by atoms with E-state index >= 15 is 0 Å². The largest absolute Gasteiger partial charge is 0.384 e. The van der Waals surface area contributed by atoms with Crippen LogP contribution in [0.5, 0.6) is 0 Å².